The molecule has 118 valence electrons. The molecule has 0 unspecified atom stereocenters. The van der Waals surface area contributed by atoms with Gasteiger partial charge < -0.3 is 15.3 Å². The molecule has 0 fully saturated rings. The van der Waals surface area contributed by atoms with E-state index in [1.165, 1.54) is 6.20 Å². The van der Waals surface area contributed by atoms with Crippen LogP contribution >= 0.6 is 0 Å². The predicted octanol–water partition coefficient (Wildman–Crippen LogP) is 1.75. The molecule has 0 radical (unpaired) electrons. The third-order valence-electron chi connectivity index (χ3n) is 3.58. The average molecular weight is 311 g/mol. The lowest BCUT2D eigenvalue weighted by Gasteiger charge is -2.10. The second-order valence-electron chi connectivity index (χ2n) is 5.55. The van der Waals surface area contributed by atoms with Gasteiger partial charge in [0.25, 0.3) is 11.5 Å². The summed E-state index contributed by atoms with van der Waals surface area (Å²) in [6, 6.07) is 5.53. The maximum atomic E-state index is 12.2. The summed E-state index contributed by atoms with van der Waals surface area (Å²) in [5.74, 6) is 0.616. The number of fused-ring (bicyclic) bond motifs is 1. The van der Waals surface area contributed by atoms with Crippen LogP contribution in [0.25, 0.3) is 11.0 Å². The van der Waals surface area contributed by atoms with Crippen LogP contribution in [0.5, 0.6) is 0 Å². The molecule has 0 aliphatic heterocycles. The predicted molar refractivity (Wildman–Crippen MR) is 86.3 cm³/mol. The van der Waals surface area contributed by atoms with Crippen LogP contribution in [0, 0.1) is 13.8 Å². The molecule has 1 aromatic carbocycles. The molecule has 23 heavy (non-hydrogen) atoms. The highest BCUT2D eigenvalue weighted by atomic mass is 16.2. The Morgan fingerprint density at radius 3 is 2.78 bits per heavy atom. The fourth-order valence-electron chi connectivity index (χ4n) is 2.34. The fourth-order valence-corrected chi connectivity index (χ4v) is 2.34. The van der Waals surface area contributed by atoms with Crippen molar-refractivity contribution >= 4 is 16.9 Å². The van der Waals surface area contributed by atoms with Crippen molar-refractivity contribution in [3.63, 3.8) is 0 Å². The van der Waals surface area contributed by atoms with E-state index in [4.69, 9.17) is 0 Å². The van der Waals surface area contributed by atoms with Gasteiger partial charge in [-0.1, -0.05) is 6.07 Å². The first-order valence-corrected chi connectivity index (χ1v) is 7.27. The largest absolute Gasteiger partial charge is 0.342 e. The summed E-state index contributed by atoms with van der Waals surface area (Å²) >= 11 is 0. The zero-order valence-electron chi connectivity index (χ0n) is 13.1. The van der Waals surface area contributed by atoms with E-state index in [0.717, 1.165) is 16.6 Å². The average Bonchev–Trinajstić information content (AvgIpc) is 2.90. The number of amides is 1. The molecule has 0 aliphatic rings. The Hall–Kier alpha value is -2.96. The van der Waals surface area contributed by atoms with E-state index < -0.39 is 11.5 Å². The highest BCUT2D eigenvalue weighted by Gasteiger charge is 2.17. The summed E-state index contributed by atoms with van der Waals surface area (Å²) in [4.78, 5) is 38.1. The lowest BCUT2D eigenvalue weighted by atomic mass is 10.2. The molecule has 2 aromatic heterocycles. The molecule has 7 nitrogen and oxygen atoms in total. The SMILES string of the molecule is Cc1ccc2nc([C@H](C)NC(=O)c3cnc(C)[nH]c3=O)[nH]c2c1. The molecule has 2 heterocycles. The molecule has 1 amide bonds. The standard InChI is InChI=1S/C16H17N5O2/c1-8-4-5-12-13(6-8)21-14(20-12)9(2)18-15(22)11-7-17-10(3)19-16(11)23/h4-7,9H,1-3H3,(H,18,22)(H,20,21)(H,17,19,23)/t9-/m0/s1. The smallest absolute Gasteiger partial charge is 0.263 e. The molecule has 7 heteroatoms. The molecule has 3 aromatic rings. The van der Waals surface area contributed by atoms with Crippen molar-refractivity contribution in [1.29, 1.82) is 0 Å². The third-order valence-corrected chi connectivity index (χ3v) is 3.58. The van der Waals surface area contributed by atoms with Gasteiger partial charge in [-0.3, -0.25) is 9.59 Å². The number of benzene rings is 1. The van der Waals surface area contributed by atoms with Crippen LogP contribution < -0.4 is 10.9 Å². The summed E-state index contributed by atoms with van der Waals surface area (Å²) in [5, 5.41) is 2.76. The second-order valence-corrected chi connectivity index (χ2v) is 5.55. The molecular weight excluding hydrogens is 294 g/mol. The number of nitrogens with zero attached hydrogens (tertiary/aromatic N) is 2. The summed E-state index contributed by atoms with van der Waals surface area (Å²) < 4.78 is 0. The van der Waals surface area contributed by atoms with Gasteiger partial charge in [0.05, 0.1) is 17.1 Å². The minimum absolute atomic E-state index is 0.0191. The van der Waals surface area contributed by atoms with Gasteiger partial charge in [0.15, 0.2) is 0 Å². The molecule has 3 N–H and O–H groups in total. The van der Waals surface area contributed by atoms with Crippen LogP contribution in [0.3, 0.4) is 0 Å². The molecule has 1 atom stereocenters. The monoisotopic (exact) mass is 311 g/mol. The van der Waals surface area contributed by atoms with Gasteiger partial charge in [0.1, 0.15) is 17.2 Å². The van der Waals surface area contributed by atoms with E-state index in [2.05, 4.69) is 25.3 Å². The zero-order valence-corrected chi connectivity index (χ0v) is 13.1. The molecule has 0 saturated carbocycles. The first-order valence-electron chi connectivity index (χ1n) is 7.27. The fraction of sp³-hybridized carbons (Fsp3) is 0.250. The number of hydrogen-bond acceptors (Lipinski definition) is 4. The number of rotatable bonds is 3. The number of carbonyl (C=O) groups excluding carboxylic acids is 1. The Labute approximate surface area is 132 Å². The first kappa shape index (κ1) is 15.0. The number of aromatic amines is 2. The van der Waals surface area contributed by atoms with Crippen LogP contribution in [0.1, 0.15) is 40.5 Å². The van der Waals surface area contributed by atoms with Gasteiger partial charge in [-0.25, -0.2) is 9.97 Å². The van der Waals surface area contributed by atoms with E-state index >= 15 is 0 Å². The molecule has 0 aliphatic carbocycles. The van der Waals surface area contributed by atoms with Crippen molar-refractivity contribution in [2.24, 2.45) is 0 Å². The molecule has 0 saturated heterocycles. The Kier molecular flexibility index (Phi) is 3.69. The zero-order chi connectivity index (χ0) is 16.6. The van der Waals surface area contributed by atoms with Crippen LogP contribution in [-0.2, 0) is 0 Å². The van der Waals surface area contributed by atoms with Crippen molar-refractivity contribution in [2.75, 3.05) is 0 Å². The lowest BCUT2D eigenvalue weighted by Crippen LogP contribution is -2.32. The highest BCUT2D eigenvalue weighted by Crippen LogP contribution is 2.17. The Morgan fingerprint density at radius 1 is 1.26 bits per heavy atom. The Balaban J connectivity index is 1.83. The maximum Gasteiger partial charge on any atom is 0.263 e. The topological polar surface area (TPSA) is 104 Å². The van der Waals surface area contributed by atoms with Gasteiger partial charge >= 0.3 is 0 Å². The highest BCUT2D eigenvalue weighted by molar-refractivity contribution is 5.93. The number of aromatic nitrogens is 4. The number of imidazole rings is 1. The Bertz CT molecular complexity index is 941. The summed E-state index contributed by atoms with van der Waals surface area (Å²) in [5.41, 5.74) is 2.40. The first-order chi connectivity index (χ1) is 10.9. The van der Waals surface area contributed by atoms with Gasteiger partial charge in [0, 0.05) is 6.20 Å². The third kappa shape index (κ3) is 2.98. The van der Waals surface area contributed by atoms with E-state index in [1.807, 2.05) is 25.1 Å². The maximum absolute atomic E-state index is 12.2. The van der Waals surface area contributed by atoms with Crippen LogP contribution in [0.15, 0.2) is 29.2 Å². The van der Waals surface area contributed by atoms with Crippen LogP contribution in [0.4, 0.5) is 0 Å². The van der Waals surface area contributed by atoms with Gasteiger partial charge in [-0.05, 0) is 38.5 Å². The molecule has 0 spiro atoms. The van der Waals surface area contributed by atoms with Crippen molar-refractivity contribution in [3.05, 3.63) is 57.5 Å². The second kappa shape index (κ2) is 5.68. The van der Waals surface area contributed by atoms with Crippen molar-refractivity contribution < 1.29 is 4.79 Å². The van der Waals surface area contributed by atoms with Crippen molar-refractivity contribution in [3.8, 4) is 0 Å². The van der Waals surface area contributed by atoms with E-state index in [-0.39, 0.29) is 11.6 Å². The Morgan fingerprint density at radius 2 is 2.04 bits per heavy atom. The summed E-state index contributed by atoms with van der Waals surface area (Å²) in [7, 11) is 0. The lowest BCUT2D eigenvalue weighted by molar-refractivity contribution is 0.0936. The summed E-state index contributed by atoms with van der Waals surface area (Å²) in [6.07, 6.45) is 1.28. The number of aryl methyl sites for hydroxylation is 2. The molecule has 3 rings (SSSR count). The van der Waals surface area contributed by atoms with Gasteiger partial charge in [-0.15, -0.1) is 0 Å². The quantitative estimate of drug-likeness (QED) is 0.685. The minimum Gasteiger partial charge on any atom is -0.342 e. The normalized spacial score (nSPS) is 12.3. The number of carbonyl (C=O) groups is 1. The minimum atomic E-state index is -0.483. The number of nitrogens with one attached hydrogen (secondary N) is 3. The number of H-pyrrole nitrogens is 2. The van der Waals surface area contributed by atoms with Crippen LogP contribution in [0.2, 0.25) is 0 Å². The van der Waals surface area contributed by atoms with Crippen molar-refractivity contribution in [1.82, 2.24) is 25.3 Å². The van der Waals surface area contributed by atoms with E-state index in [0.29, 0.717) is 11.6 Å². The van der Waals surface area contributed by atoms with E-state index in [9.17, 15) is 9.59 Å². The molecular formula is C16H17N5O2. The van der Waals surface area contributed by atoms with Gasteiger partial charge in [-0.2, -0.15) is 0 Å². The van der Waals surface area contributed by atoms with Crippen LogP contribution in [-0.4, -0.2) is 25.8 Å². The number of hydrogen-bond donors (Lipinski definition) is 3. The summed E-state index contributed by atoms with van der Waals surface area (Å²) in [6.45, 7) is 5.46. The van der Waals surface area contributed by atoms with E-state index in [1.54, 1.807) is 13.8 Å². The van der Waals surface area contributed by atoms with Gasteiger partial charge in [0.2, 0.25) is 0 Å². The van der Waals surface area contributed by atoms with Crippen molar-refractivity contribution in [2.45, 2.75) is 26.8 Å². The molecule has 0 bridgehead atoms.